The fraction of sp³-hybridized carbons (Fsp3) is 0.359. The van der Waals surface area contributed by atoms with E-state index in [4.69, 9.17) is 37.3 Å². The SMILES string of the molecule is N#CC1(O)CCN(C(=O)CCC2(COc3cc(OCc4ccc5nonc5c4)c(CNC(CO)C(=O)O)cc3Cl)C=CC=C(c3ccccc3)C2Cl)CC1. The molecule has 6 rings (SSSR count). The molecule has 1 aliphatic carbocycles. The average molecular weight is 777 g/mol. The molecular weight excluding hydrogens is 737 g/mol. The van der Waals surface area contributed by atoms with Crippen LogP contribution >= 0.6 is 23.2 Å². The van der Waals surface area contributed by atoms with Crippen molar-refractivity contribution in [3.63, 3.8) is 0 Å². The molecule has 2 aliphatic rings. The molecule has 3 aromatic carbocycles. The van der Waals surface area contributed by atoms with E-state index in [-0.39, 0.29) is 68.8 Å². The third kappa shape index (κ3) is 8.86. The molecule has 3 atom stereocenters. The fourth-order valence-corrected chi connectivity index (χ4v) is 7.23. The smallest absolute Gasteiger partial charge is 0.323 e. The van der Waals surface area contributed by atoms with Crippen molar-refractivity contribution in [3.8, 4) is 17.6 Å². The maximum Gasteiger partial charge on any atom is 0.323 e. The zero-order chi connectivity index (χ0) is 38.3. The molecule has 2 heterocycles. The first kappa shape index (κ1) is 38.7. The number of piperidine rings is 1. The normalized spacial score (nSPS) is 19.9. The minimum absolute atomic E-state index is 0.00510. The van der Waals surface area contributed by atoms with E-state index in [0.29, 0.717) is 28.8 Å². The highest BCUT2D eigenvalue weighted by atomic mass is 35.5. The van der Waals surface area contributed by atoms with E-state index in [2.05, 4.69) is 15.6 Å². The van der Waals surface area contributed by atoms with E-state index in [1.165, 1.54) is 0 Å². The largest absolute Gasteiger partial charge is 0.491 e. The van der Waals surface area contributed by atoms with Crippen molar-refractivity contribution < 1.29 is 39.0 Å². The van der Waals surface area contributed by atoms with Crippen LogP contribution in [0.3, 0.4) is 0 Å². The second kappa shape index (κ2) is 17.0. The lowest BCUT2D eigenvalue weighted by atomic mass is 9.73. The summed E-state index contributed by atoms with van der Waals surface area (Å²) in [5.74, 6) is -0.710. The van der Waals surface area contributed by atoms with Crippen LogP contribution in [0.2, 0.25) is 5.02 Å². The van der Waals surface area contributed by atoms with Crippen LogP contribution in [-0.4, -0.2) is 85.7 Å². The third-order valence-corrected chi connectivity index (χ3v) is 10.9. The number of carboxylic acid groups (broad SMARTS) is 1. The van der Waals surface area contributed by atoms with Crippen LogP contribution in [0.4, 0.5) is 0 Å². The quantitative estimate of drug-likeness (QED) is 0.0905. The monoisotopic (exact) mass is 775 g/mol. The van der Waals surface area contributed by atoms with Gasteiger partial charge in [-0.25, -0.2) is 4.63 Å². The number of hydrogen-bond donors (Lipinski definition) is 4. The number of allylic oxidation sites excluding steroid dienone is 3. The number of fused-ring (bicyclic) bond motifs is 1. The first-order valence-corrected chi connectivity index (χ1v) is 18.2. The van der Waals surface area contributed by atoms with Crippen LogP contribution in [0.15, 0.2) is 83.5 Å². The number of nitriles is 1. The van der Waals surface area contributed by atoms with Gasteiger partial charge in [-0.1, -0.05) is 66.2 Å². The summed E-state index contributed by atoms with van der Waals surface area (Å²) in [6, 6.07) is 19.0. The van der Waals surface area contributed by atoms with Crippen molar-refractivity contribution in [2.45, 2.75) is 55.9 Å². The predicted octanol–water partition coefficient (Wildman–Crippen LogP) is 5.27. The molecular formula is C39H39Cl2N5O8. The zero-order valence-corrected chi connectivity index (χ0v) is 30.7. The summed E-state index contributed by atoms with van der Waals surface area (Å²) in [5.41, 5.74) is 1.91. The molecule has 1 fully saturated rings. The summed E-state index contributed by atoms with van der Waals surface area (Å²) >= 11 is 14.1. The van der Waals surface area contributed by atoms with Gasteiger partial charge in [-0.15, -0.1) is 11.6 Å². The number of halogens is 2. The summed E-state index contributed by atoms with van der Waals surface area (Å²) < 4.78 is 17.5. The number of aliphatic hydroxyl groups excluding tert-OH is 1. The number of aliphatic hydroxyl groups is 2. The second-order valence-corrected chi connectivity index (χ2v) is 14.3. The number of amides is 1. The molecule has 15 heteroatoms. The average Bonchev–Trinajstić information content (AvgIpc) is 3.66. The Bertz CT molecular complexity index is 2080. The first-order chi connectivity index (χ1) is 26.0. The maximum absolute atomic E-state index is 13.5. The Morgan fingerprint density at radius 2 is 1.83 bits per heavy atom. The molecule has 282 valence electrons. The number of carbonyl (C=O) groups excluding carboxylic acids is 1. The summed E-state index contributed by atoms with van der Waals surface area (Å²) in [4.78, 5) is 26.8. The number of aliphatic carboxylic acids is 1. The van der Waals surface area contributed by atoms with Gasteiger partial charge in [0.2, 0.25) is 5.91 Å². The number of nitrogens with zero attached hydrogens (tertiary/aromatic N) is 4. The number of alkyl halides is 1. The lowest BCUT2D eigenvalue weighted by molar-refractivity contribution is -0.140. The summed E-state index contributed by atoms with van der Waals surface area (Å²) in [7, 11) is 0. The van der Waals surface area contributed by atoms with Crippen LogP contribution in [0.1, 0.15) is 42.4 Å². The second-order valence-electron chi connectivity index (χ2n) is 13.5. The van der Waals surface area contributed by atoms with Crippen molar-refractivity contribution in [3.05, 3.63) is 101 Å². The molecule has 4 aromatic rings. The van der Waals surface area contributed by atoms with Gasteiger partial charge < -0.3 is 29.7 Å². The fourth-order valence-electron chi connectivity index (χ4n) is 6.55. The number of nitrogens with one attached hydrogen (secondary N) is 1. The number of aromatic nitrogens is 2. The van der Waals surface area contributed by atoms with Gasteiger partial charge in [0.15, 0.2) is 5.60 Å². The van der Waals surface area contributed by atoms with E-state index in [1.54, 1.807) is 29.2 Å². The van der Waals surface area contributed by atoms with Crippen molar-refractivity contribution in [2.24, 2.45) is 5.41 Å². The van der Waals surface area contributed by atoms with E-state index in [1.807, 2.05) is 60.7 Å². The lowest BCUT2D eigenvalue weighted by Crippen LogP contribution is -2.46. The Morgan fingerprint density at radius 3 is 2.56 bits per heavy atom. The molecule has 0 radical (unpaired) electrons. The van der Waals surface area contributed by atoms with Gasteiger partial charge in [-0.2, -0.15) is 5.26 Å². The van der Waals surface area contributed by atoms with Crippen LogP contribution < -0.4 is 14.8 Å². The van der Waals surface area contributed by atoms with Gasteiger partial charge in [-0.3, -0.25) is 14.9 Å². The molecule has 1 saturated heterocycles. The Morgan fingerprint density at radius 1 is 1.07 bits per heavy atom. The maximum atomic E-state index is 13.5. The summed E-state index contributed by atoms with van der Waals surface area (Å²) in [5, 5.41) is 48.9. The van der Waals surface area contributed by atoms with Gasteiger partial charge in [0, 0.05) is 55.9 Å². The van der Waals surface area contributed by atoms with E-state index < -0.39 is 35.0 Å². The minimum Gasteiger partial charge on any atom is -0.491 e. The lowest BCUT2D eigenvalue weighted by Gasteiger charge is -2.39. The summed E-state index contributed by atoms with van der Waals surface area (Å²) in [6.07, 6.45) is 6.63. The molecule has 4 N–H and O–H groups in total. The summed E-state index contributed by atoms with van der Waals surface area (Å²) in [6.45, 7) is 0.0628. The molecule has 13 nitrogen and oxygen atoms in total. The molecule has 1 amide bonds. The molecule has 0 saturated carbocycles. The number of benzene rings is 3. The van der Waals surface area contributed by atoms with Gasteiger partial charge >= 0.3 is 5.97 Å². The Hall–Kier alpha value is -4.97. The number of carboxylic acids is 1. The highest BCUT2D eigenvalue weighted by Gasteiger charge is 2.42. The number of likely N-dealkylation sites (tertiary alicyclic amines) is 1. The highest BCUT2D eigenvalue weighted by molar-refractivity contribution is 6.32. The number of hydrogen-bond acceptors (Lipinski definition) is 11. The topological polar surface area (TPSA) is 191 Å². The van der Waals surface area contributed by atoms with Gasteiger partial charge in [0.25, 0.3) is 0 Å². The molecule has 0 spiro atoms. The molecule has 3 unspecified atom stereocenters. The van der Waals surface area contributed by atoms with E-state index in [9.17, 15) is 30.2 Å². The minimum atomic E-state index is -1.43. The predicted molar refractivity (Wildman–Crippen MR) is 200 cm³/mol. The molecule has 1 aromatic heterocycles. The van der Waals surface area contributed by atoms with E-state index in [0.717, 1.165) is 16.7 Å². The van der Waals surface area contributed by atoms with Crippen LogP contribution in [0.25, 0.3) is 16.6 Å². The van der Waals surface area contributed by atoms with Crippen LogP contribution in [-0.2, 0) is 22.7 Å². The Labute approximate surface area is 321 Å². The van der Waals surface area contributed by atoms with Gasteiger partial charge in [-0.05, 0) is 51.6 Å². The third-order valence-electron chi connectivity index (χ3n) is 9.89. The number of rotatable bonds is 15. The van der Waals surface area contributed by atoms with Crippen LogP contribution in [0.5, 0.6) is 11.5 Å². The number of carbonyl (C=O) groups is 2. The van der Waals surface area contributed by atoms with Crippen molar-refractivity contribution >= 4 is 51.7 Å². The standard InChI is InChI=1S/C39H39Cl2N5O8/c40-29-18-27(20-43-32(21-47)37(49)50)33(52-22-25-8-9-30-31(17-25)45-54-44-30)19-34(29)53-24-38(11-4-7-28(36(38)41)26-5-2-1-3-6-26)12-10-35(48)46-15-13-39(51,23-42)14-16-46/h1-9,11,17-19,32,36,43,47,51H,10,12-16,20-22,24H2,(H,49,50). The van der Waals surface area contributed by atoms with E-state index >= 15 is 0 Å². The molecule has 0 bridgehead atoms. The van der Waals surface area contributed by atoms with Gasteiger partial charge in [0.1, 0.15) is 35.2 Å². The number of ether oxygens (including phenoxy) is 2. The molecule has 1 aliphatic heterocycles. The van der Waals surface area contributed by atoms with Gasteiger partial charge in [0.05, 0.1) is 29.7 Å². The van der Waals surface area contributed by atoms with Crippen molar-refractivity contribution in [2.75, 3.05) is 26.3 Å². The first-order valence-electron chi connectivity index (χ1n) is 17.4. The van der Waals surface area contributed by atoms with Crippen LogP contribution in [0, 0.1) is 16.7 Å². The molecule has 54 heavy (non-hydrogen) atoms. The van der Waals surface area contributed by atoms with Crippen molar-refractivity contribution in [1.29, 1.82) is 5.26 Å². The Kier molecular flexibility index (Phi) is 12.2. The Balaban J connectivity index is 1.25. The highest BCUT2D eigenvalue weighted by Crippen LogP contribution is 2.45. The zero-order valence-electron chi connectivity index (χ0n) is 29.2. The van der Waals surface area contributed by atoms with Crippen molar-refractivity contribution in [1.82, 2.24) is 20.5 Å².